The summed E-state index contributed by atoms with van der Waals surface area (Å²) in [6, 6.07) is 10.7. The summed E-state index contributed by atoms with van der Waals surface area (Å²) in [6.45, 7) is 14.2. The summed E-state index contributed by atoms with van der Waals surface area (Å²) in [4.78, 5) is 15.4. The van der Waals surface area contributed by atoms with E-state index >= 15 is 0 Å². The average molecular weight is 357 g/mol. The van der Waals surface area contributed by atoms with Crippen molar-refractivity contribution in [3.8, 4) is 0 Å². The van der Waals surface area contributed by atoms with Crippen molar-refractivity contribution >= 4 is 11.5 Å². The molecule has 1 fully saturated rings. The average Bonchev–Trinajstić information content (AvgIpc) is 2.95. The lowest BCUT2D eigenvalue weighted by Crippen LogP contribution is -2.56. The third-order valence-corrected chi connectivity index (χ3v) is 5.98. The standard InChI is InChI=1S/C21H30N2O.C2H6/c1-15-12-21(4,13-17(15)16-8-6-5-7-9-16)19(24)23-11-10-18(22)20(2,3)14-23;1-2/h5-9,18H,10-14,22H2,1-4H3;1-2H3. The second-order valence-corrected chi connectivity index (χ2v) is 8.65. The van der Waals surface area contributed by atoms with Gasteiger partial charge in [-0.15, -0.1) is 0 Å². The van der Waals surface area contributed by atoms with Gasteiger partial charge in [-0.05, 0) is 42.7 Å². The molecule has 2 N–H and O–H groups in total. The first-order chi connectivity index (χ1) is 12.2. The second-order valence-electron chi connectivity index (χ2n) is 8.65. The molecule has 1 aliphatic carbocycles. The van der Waals surface area contributed by atoms with Gasteiger partial charge < -0.3 is 10.6 Å². The number of piperidine rings is 1. The van der Waals surface area contributed by atoms with Gasteiger partial charge in [0.2, 0.25) is 5.91 Å². The van der Waals surface area contributed by atoms with Gasteiger partial charge in [0.1, 0.15) is 0 Å². The van der Waals surface area contributed by atoms with Crippen LogP contribution in [0.4, 0.5) is 0 Å². The van der Waals surface area contributed by atoms with Gasteiger partial charge in [0.25, 0.3) is 0 Å². The highest BCUT2D eigenvalue weighted by molar-refractivity contribution is 5.88. The van der Waals surface area contributed by atoms with Crippen LogP contribution < -0.4 is 5.73 Å². The Labute approximate surface area is 159 Å². The van der Waals surface area contributed by atoms with Crippen LogP contribution >= 0.6 is 0 Å². The maximum atomic E-state index is 13.3. The Balaban J connectivity index is 0.00000117. The lowest BCUT2D eigenvalue weighted by molar-refractivity contribution is -0.144. The molecule has 0 radical (unpaired) electrons. The van der Waals surface area contributed by atoms with E-state index < -0.39 is 0 Å². The molecular formula is C23H36N2O. The lowest BCUT2D eigenvalue weighted by Gasteiger charge is -2.45. The number of hydrogen-bond donors (Lipinski definition) is 1. The molecule has 2 atom stereocenters. The van der Waals surface area contributed by atoms with E-state index in [9.17, 15) is 4.79 Å². The van der Waals surface area contributed by atoms with E-state index in [1.807, 2.05) is 19.9 Å². The Morgan fingerprint density at radius 2 is 1.73 bits per heavy atom. The molecule has 2 aliphatic rings. The summed E-state index contributed by atoms with van der Waals surface area (Å²) in [6.07, 6.45) is 2.59. The van der Waals surface area contributed by atoms with Crippen molar-refractivity contribution in [1.82, 2.24) is 4.90 Å². The first kappa shape index (κ1) is 20.7. The maximum Gasteiger partial charge on any atom is 0.229 e. The van der Waals surface area contributed by atoms with Gasteiger partial charge >= 0.3 is 0 Å². The monoisotopic (exact) mass is 356 g/mol. The number of carbonyl (C=O) groups excluding carboxylic acids is 1. The molecule has 0 aromatic heterocycles. The van der Waals surface area contributed by atoms with Crippen LogP contribution in [0.5, 0.6) is 0 Å². The zero-order chi connectivity index (χ0) is 19.5. The van der Waals surface area contributed by atoms with Crippen molar-refractivity contribution in [2.75, 3.05) is 13.1 Å². The van der Waals surface area contributed by atoms with E-state index in [0.717, 1.165) is 32.4 Å². The number of carbonyl (C=O) groups is 1. The van der Waals surface area contributed by atoms with Gasteiger partial charge in [-0.25, -0.2) is 0 Å². The van der Waals surface area contributed by atoms with Crippen LogP contribution in [-0.2, 0) is 4.79 Å². The molecule has 3 nitrogen and oxygen atoms in total. The minimum absolute atomic E-state index is 0.00634. The van der Waals surface area contributed by atoms with Crippen molar-refractivity contribution in [2.45, 2.75) is 66.8 Å². The van der Waals surface area contributed by atoms with Gasteiger partial charge in [-0.1, -0.05) is 70.5 Å². The number of likely N-dealkylation sites (tertiary alicyclic amines) is 1. The zero-order valence-electron chi connectivity index (χ0n) is 17.4. The topological polar surface area (TPSA) is 46.3 Å². The second kappa shape index (κ2) is 7.96. The predicted octanol–water partition coefficient (Wildman–Crippen LogP) is 4.87. The van der Waals surface area contributed by atoms with Crippen LogP contribution in [0, 0.1) is 10.8 Å². The number of amides is 1. The van der Waals surface area contributed by atoms with Gasteiger partial charge in [-0.3, -0.25) is 4.79 Å². The Bertz CT molecular complexity index is 662. The highest BCUT2D eigenvalue weighted by Crippen LogP contribution is 2.47. The van der Waals surface area contributed by atoms with E-state index in [2.05, 4.69) is 56.9 Å². The minimum Gasteiger partial charge on any atom is -0.342 e. The highest BCUT2D eigenvalue weighted by Gasteiger charge is 2.45. The molecule has 1 aliphatic heterocycles. The number of hydrogen-bond acceptors (Lipinski definition) is 2. The van der Waals surface area contributed by atoms with Crippen molar-refractivity contribution < 1.29 is 4.79 Å². The van der Waals surface area contributed by atoms with Crippen molar-refractivity contribution in [3.05, 3.63) is 41.5 Å². The molecule has 144 valence electrons. The summed E-state index contributed by atoms with van der Waals surface area (Å²) in [5, 5.41) is 0. The van der Waals surface area contributed by atoms with Gasteiger partial charge in [-0.2, -0.15) is 0 Å². The molecule has 2 unspecified atom stereocenters. The Kier molecular flexibility index (Phi) is 6.33. The van der Waals surface area contributed by atoms with Crippen molar-refractivity contribution in [3.63, 3.8) is 0 Å². The smallest absolute Gasteiger partial charge is 0.229 e. The fourth-order valence-electron chi connectivity index (χ4n) is 4.36. The van der Waals surface area contributed by atoms with E-state index in [1.165, 1.54) is 16.7 Å². The normalized spacial score (nSPS) is 27.8. The zero-order valence-corrected chi connectivity index (χ0v) is 17.4. The molecule has 3 rings (SSSR count). The number of benzene rings is 1. The van der Waals surface area contributed by atoms with Crippen molar-refractivity contribution in [1.29, 1.82) is 0 Å². The van der Waals surface area contributed by atoms with Gasteiger partial charge in [0, 0.05) is 19.1 Å². The molecule has 1 aromatic rings. The third kappa shape index (κ3) is 4.03. The van der Waals surface area contributed by atoms with Gasteiger partial charge in [0.05, 0.1) is 5.41 Å². The number of nitrogens with zero attached hydrogens (tertiary/aromatic N) is 1. The first-order valence-corrected chi connectivity index (χ1v) is 10.0. The quantitative estimate of drug-likeness (QED) is 0.821. The Morgan fingerprint density at radius 1 is 1.12 bits per heavy atom. The molecule has 26 heavy (non-hydrogen) atoms. The van der Waals surface area contributed by atoms with Crippen molar-refractivity contribution in [2.24, 2.45) is 16.6 Å². The fourth-order valence-corrected chi connectivity index (χ4v) is 4.36. The summed E-state index contributed by atoms with van der Waals surface area (Å²) in [5.41, 5.74) is 9.87. The van der Waals surface area contributed by atoms with Crippen LogP contribution in [0.25, 0.3) is 5.57 Å². The van der Waals surface area contributed by atoms with E-state index in [1.54, 1.807) is 0 Å². The van der Waals surface area contributed by atoms with Gasteiger partial charge in [0.15, 0.2) is 0 Å². The molecule has 0 bridgehead atoms. The predicted molar refractivity (Wildman–Crippen MR) is 111 cm³/mol. The molecular weight excluding hydrogens is 320 g/mol. The van der Waals surface area contributed by atoms with Crippen LogP contribution in [-0.4, -0.2) is 29.9 Å². The summed E-state index contributed by atoms with van der Waals surface area (Å²) >= 11 is 0. The SMILES string of the molecule is CC.CC1=C(c2ccccc2)CC(C)(C(=O)N2CCC(N)C(C)(C)C2)C1. The first-order valence-electron chi connectivity index (χ1n) is 10.0. The molecule has 1 aromatic carbocycles. The summed E-state index contributed by atoms with van der Waals surface area (Å²) in [5.74, 6) is 0.299. The fraction of sp³-hybridized carbons (Fsp3) is 0.609. The number of nitrogens with two attached hydrogens (primary N) is 1. The lowest BCUT2D eigenvalue weighted by atomic mass is 9.77. The number of rotatable bonds is 2. The van der Waals surface area contributed by atoms with E-state index in [-0.39, 0.29) is 16.9 Å². The Morgan fingerprint density at radius 3 is 2.31 bits per heavy atom. The minimum atomic E-state index is -0.313. The maximum absolute atomic E-state index is 13.3. The molecule has 1 heterocycles. The van der Waals surface area contributed by atoms with Crippen LogP contribution in [0.2, 0.25) is 0 Å². The largest absolute Gasteiger partial charge is 0.342 e. The van der Waals surface area contributed by atoms with Crippen LogP contribution in [0.1, 0.15) is 66.4 Å². The summed E-state index contributed by atoms with van der Waals surface area (Å²) in [7, 11) is 0. The Hall–Kier alpha value is -1.61. The molecule has 3 heteroatoms. The third-order valence-electron chi connectivity index (χ3n) is 5.98. The molecule has 1 saturated heterocycles. The van der Waals surface area contributed by atoms with E-state index in [4.69, 9.17) is 5.73 Å². The molecule has 0 saturated carbocycles. The summed E-state index contributed by atoms with van der Waals surface area (Å²) < 4.78 is 0. The van der Waals surface area contributed by atoms with Crippen LogP contribution in [0.3, 0.4) is 0 Å². The number of allylic oxidation sites excluding steroid dienone is 2. The highest BCUT2D eigenvalue weighted by atomic mass is 16.2. The van der Waals surface area contributed by atoms with Crippen LogP contribution in [0.15, 0.2) is 35.9 Å². The molecule has 1 amide bonds. The molecule has 0 spiro atoms. The van der Waals surface area contributed by atoms with E-state index in [0.29, 0.717) is 5.91 Å².